The molecule has 0 bridgehead atoms. The molecule has 1 amide bonds. The third kappa shape index (κ3) is 2.60. The van der Waals surface area contributed by atoms with Crippen molar-refractivity contribution in [2.75, 3.05) is 18.6 Å². The number of hydrogen-bond donors (Lipinski definition) is 1. The Hall–Kier alpha value is -2.27. The van der Waals surface area contributed by atoms with E-state index < -0.39 is 10.8 Å². The topological polar surface area (TPSA) is 63.2 Å². The van der Waals surface area contributed by atoms with E-state index in [1.807, 2.05) is 24.3 Å². The van der Waals surface area contributed by atoms with Gasteiger partial charge >= 0.3 is 0 Å². The number of hydrogen-bond acceptors (Lipinski definition) is 3. The van der Waals surface area contributed by atoms with E-state index in [1.165, 1.54) is 0 Å². The maximum atomic E-state index is 12.4. The van der Waals surface area contributed by atoms with Crippen LogP contribution < -0.4 is 5.32 Å². The van der Waals surface area contributed by atoms with Crippen molar-refractivity contribution in [3.8, 4) is 11.1 Å². The van der Waals surface area contributed by atoms with Gasteiger partial charge in [0.25, 0.3) is 5.91 Å². The minimum Gasteiger partial charge on any atom is -0.351 e. The highest BCUT2D eigenvalue weighted by molar-refractivity contribution is 7.84. The van der Waals surface area contributed by atoms with Crippen LogP contribution in [0.4, 0.5) is 0 Å². The van der Waals surface area contributed by atoms with E-state index in [0.29, 0.717) is 29.0 Å². The summed E-state index contributed by atoms with van der Waals surface area (Å²) >= 11 is 0. The van der Waals surface area contributed by atoms with E-state index >= 15 is 0 Å². The monoisotopic (exact) mass is 313 g/mol. The van der Waals surface area contributed by atoms with Crippen LogP contribution in [-0.4, -0.2) is 34.5 Å². The van der Waals surface area contributed by atoms with Crippen LogP contribution in [0.1, 0.15) is 26.3 Å². The average Bonchev–Trinajstić information content (AvgIpc) is 2.80. The number of fused-ring (bicyclic) bond motifs is 3. The molecule has 0 saturated heterocycles. The van der Waals surface area contributed by atoms with E-state index in [0.717, 1.165) is 11.1 Å². The van der Waals surface area contributed by atoms with Crippen molar-refractivity contribution in [2.45, 2.75) is 0 Å². The smallest absolute Gasteiger partial charge is 0.251 e. The van der Waals surface area contributed by atoms with E-state index in [4.69, 9.17) is 0 Å². The molecule has 0 aromatic heterocycles. The molecule has 1 aliphatic carbocycles. The van der Waals surface area contributed by atoms with Crippen molar-refractivity contribution >= 4 is 22.5 Å². The predicted octanol–water partition coefficient (Wildman–Crippen LogP) is 2.01. The number of carbonyl (C=O) groups excluding carboxylic acids is 2. The summed E-state index contributed by atoms with van der Waals surface area (Å²) in [5.41, 5.74) is 3.47. The van der Waals surface area contributed by atoms with E-state index in [2.05, 4.69) is 5.32 Å². The minimum atomic E-state index is -0.940. The van der Waals surface area contributed by atoms with Gasteiger partial charge in [-0.05, 0) is 23.3 Å². The molecule has 3 rings (SSSR count). The van der Waals surface area contributed by atoms with Crippen LogP contribution in [0.15, 0.2) is 42.5 Å². The van der Waals surface area contributed by atoms with Gasteiger partial charge in [-0.25, -0.2) is 0 Å². The molecule has 0 unspecified atom stereocenters. The second-order valence-electron chi connectivity index (χ2n) is 5.17. The first kappa shape index (κ1) is 14.7. The lowest BCUT2D eigenvalue weighted by Gasteiger charge is -2.06. The van der Waals surface area contributed by atoms with Gasteiger partial charge in [0.2, 0.25) is 0 Å². The molecule has 0 saturated carbocycles. The van der Waals surface area contributed by atoms with Crippen molar-refractivity contribution in [1.82, 2.24) is 5.32 Å². The number of benzene rings is 2. The molecular weight excluding hydrogens is 298 g/mol. The van der Waals surface area contributed by atoms with Crippen LogP contribution in [0.3, 0.4) is 0 Å². The molecular formula is C17H15NO3S. The quantitative estimate of drug-likeness (QED) is 0.801. The summed E-state index contributed by atoms with van der Waals surface area (Å²) < 4.78 is 11.0. The number of carbonyl (C=O) groups is 2. The van der Waals surface area contributed by atoms with Crippen LogP contribution in [0, 0.1) is 0 Å². The molecule has 0 heterocycles. The summed E-state index contributed by atoms with van der Waals surface area (Å²) in [6.07, 6.45) is 1.59. The van der Waals surface area contributed by atoms with Crippen LogP contribution in [-0.2, 0) is 10.8 Å². The lowest BCUT2D eigenvalue weighted by atomic mass is 10.0. The normalized spacial score (nSPS) is 13.4. The van der Waals surface area contributed by atoms with Gasteiger partial charge in [-0.1, -0.05) is 30.3 Å². The SMILES string of the molecule is C[S@@](=O)CCNC(=O)c1ccc2c(c1)C(=O)c1ccccc1-2. The van der Waals surface area contributed by atoms with Crippen molar-refractivity contribution in [2.24, 2.45) is 0 Å². The van der Waals surface area contributed by atoms with Gasteiger partial charge in [0.15, 0.2) is 5.78 Å². The average molecular weight is 313 g/mol. The Morgan fingerprint density at radius 2 is 1.73 bits per heavy atom. The number of rotatable bonds is 4. The molecule has 2 aromatic carbocycles. The molecule has 1 aliphatic rings. The first-order valence-corrected chi connectivity index (χ1v) is 8.67. The van der Waals surface area contributed by atoms with Gasteiger partial charge in [0, 0.05) is 46.0 Å². The Bertz CT molecular complexity index is 798. The van der Waals surface area contributed by atoms with E-state index in [9.17, 15) is 13.8 Å². The molecule has 5 heteroatoms. The van der Waals surface area contributed by atoms with Crippen molar-refractivity contribution < 1.29 is 13.8 Å². The standard InChI is InChI=1S/C17H15NO3S/c1-22(21)9-8-18-17(20)11-6-7-13-12-4-2-3-5-14(12)16(19)15(13)10-11/h2-7,10H,8-9H2,1H3,(H,18,20)/t22-/m1/s1. The Morgan fingerprint density at radius 3 is 2.45 bits per heavy atom. The lowest BCUT2D eigenvalue weighted by molar-refractivity contribution is 0.0956. The summed E-state index contributed by atoms with van der Waals surface area (Å²) in [5, 5.41) is 2.71. The fourth-order valence-electron chi connectivity index (χ4n) is 2.58. The van der Waals surface area contributed by atoms with Gasteiger partial charge in [0.05, 0.1) is 0 Å². The Labute approximate surface area is 131 Å². The van der Waals surface area contributed by atoms with Crippen molar-refractivity contribution in [3.63, 3.8) is 0 Å². The maximum Gasteiger partial charge on any atom is 0.251 e. The zero-order valence-electron chi connectivity index (χ0n) is 12.1. The summed E-state index contributed by atoms with van der Waals surface area (Å²) in [6, 6.07) is 12.6. The van der Waals surface area contributed by atoms with Gasteiger partial charge in [-0.15, -0.1) is 0 Å². The highest BCUT2D eigenvalue weighted by Crippen LogP contribution is 2.36. The maximum absolute atomic E-state index is 12.4. The zero-order chi connectivity index (χ0) is 15.7. The third-order valence-corrected chi connectivity index (χ3v) is 4.44. The van der Waals surface area contributed by atoms with Gasteiger partial charge in [0.1, 0.15) is 0 Å². The molecule has 22 heavy (non-hydrogen) atoms. The largest absolute Gasteiger partial charge is 0.351 e. The molecule has 1 atom stereocenters. The lowest BCUT2D eigenvalue weighted by Crippen LogP contribution is -2.27. The van der Waals surface area contributed by atoms with Crippen molar-refractivity contribution in [3.05, 3.63) is 59.2 Å². The van der Waals surface area contributed by atoms with Crippen LogP contribution in [0.2, 0.25) is 0 Å². The van der Waals surface area contributed by atoms with Crippen LogP contribution in [0.25, 0.3) is 11.1 Å². The van der Waals surface area contributed by atoms with Crippen molar-refractivity contribution in [1.29, 1.82) is 0 Å². The van der Waals surface area contributed by atoms with Crippen LogP contribution in [0.5, 0.6) is 0 Å². The Morgan fingerprint density at radius 1 is 1.05 bits per heavy atom. The summed E-state index contributed by atoms with van der Waals surface area (Å²) in [4.78, 5) is 24.5. The van der Waals surface area contributed by atoms with E-state index in [-0.39, 0.29) is 11.7 Å². The summed E-state index contributed by atoms with van der Waals surface area (Å²) in [6.45, 7) is 0.354. The first-order valence-electron chi connectivity index (χ1n) is 6.94. The predicted molar refractivity (Wildman–Crippen MR) is 86.6 cm³/mol. The van der Waals surface area contributed by atoms with Gasteiger partial charge in [-0.3, -0.25) is 13.8 Å². The molecule has 112 valence electrons. The third-order valence-electron chi connectivity index (χ3n) is 3.66. The molecule has 0 spiro atoms. The summed E-state index contributed by atoms with van der Waals surface area (Å²) in [5.74, 6) is 0.119. The summed E-state index contributed by atoms with van der Waals surface area (Å²) in [7, 11) is -0.940. The highest BCUT2D eigenvalue weighted by Gasteiger charge is 2.26. The second-order valence-corrected chi connectivity index (χ2v) is 6.72. The molecule has 2 aromatic rings. The molecule has 0 fully saturated rings. The minimum absolute atomic E-state index is 0.0464. The Balaban J connectivity index is 1.86. The number of amides is 1. The van der Waals surface area contributed by atoms with Gasteiger partial charge in [-0.2, -0.15) is 0 Å². The molecule has 1 N–H and O–H groups in total. The van der Waals surface area contributed by atoms with Crippen LogP contribution >= 0.6 is 0 Å². The second kappa shape index (κ2) is 5.85. The number of ketones is 1. The fraction of sp³-hybridized carbons (Fsp3) is 0.176. The molecule has 0 aliphatic heterocycles. The van der Waals surface area contributed by atoms with E-state index in [1.54, 1.807) is 24.5 Å². The fourth-order valence-corrected chi connectivity index (χ4v) is 2.97. The first-order chi connectivity index (χ1) is 10.6. The van der Waals surface area contributed by atoms with Gasteiger partial charge < -0.3 is 5.32 Å². The highest BCUT2D eigenvalue weighted by atomic mass is 32.2. The molecule has 0 radical (unpaired) electrons. The zero-order valence-corrected chi connectivity index (χ0v) is 12.9. The Kier molecular flexibility index (Phi) is 3.90. The number of nitrogens with one attached hydrogen (secondary N) is 1. The molecule has 4 nitrogen and oxygen atoms in total.